The summed E-state index contributed by atoms with van der Waals surface area (Å²) in [6.45, 7) is 4.10. The highest BCUT2D eigenvalue weighted by Gasteiger charge is 2.43. The van der Waals surface area contributed by atoms with Crippen molar-refractivity contribution in [3.05, 3.63) is 87.4 Å². The molecule has 0 radical (unpaired) electrons. The van der Waals surface area contributed by atoms with Gasteiger partial charge in [0.05, 0.1) is 34.6 Å². The highest BCUT2D eigenvalue weighted by Crippen LogP contribution is 2.47. The fourth-order valence-electron chi connectivity index (χ4n) is 4.88. The van der Waals surface area contributed by atoms with E-state index in [0.29, 0.717) is 33.7 Å². The standard InChI is InChI=1S/C28H26Cl2FN5O2/c1-15(2)35-23(20-14-32-28(34(3)4)33-26(20)38-5)13-19-25(35)24(16-6-8-17(29)9-7-16)36(27(19)37)18-10-11-22(31)21(30)12-18/h6-15,24H,1-5H3. The molecule has 0 bridgehead atoms. The fourth-order valence-corrected chi connectivity index (χ4v) is 5.18. The van der Waals surface area contributed by atoms with Crippen LogP contribution in [0.1, 0.15) is 47.5 Å². The lowest BCUT2D eigenvalue weighted by atomic mass is 10.0. The minimum absolute atomic E-state index is 0.0358. The molecule has 10 heteroatoms. The number of rotatable bonds is 6. The number of carbonyl (C=O) groups excluding carboxylic acids is 1. The molecule has 5 rings (SSSR count). The van der Waals surface area contributed by atoms with Gasteiger partial charge in [0.2, 0.25) is 11.8 Å². The van der Waals surface area contributed by atoms with Crippen molar-refractivity contribution in [2.24, 2.45) is 0 Å². The molecule has 0 spiro atoms. The third kappa shape index (κ3) is 4.27. The second-order valence-corrected chi connectivity index (χ2v) is 10.4. The van der Waals surface area contributed by atoms with Crippen LogP contribution < -0.4 is 14.5 Å². The molecule has 196 valence electrons. The van der Waals surface area contributed by atoms with E-state index in [0.717, 1.165) is 17.0 Å². The van der Waals surface area contributed by atoms with Crippen LogP contribution in [0.3, 0.4) is 0 Å². The first kappa shape index (κ1) is 26.0. The third-order valence-electron chi connectivity index (χ3n) is 6.54. The number of hydrogen-bond acceptors (Lipinski definition) is 5. The van der Waals surface area contributed by atoms with E-state index in [1.165, 1.54) is 12.1 Å². The lowest BCUT2D eigenvalue weighted by Gasteiger charge is -2.29. The zero-order chi connectivity index (χ0) is 27.3. The van der Waals surface area contributed by atoms with Gasteiger partial charge >= 0.3 is 0 Å². The molecular formula is C28H26Cl2FN5O2. The summed E-state index contributed by atoms with van der Waals surface area (Å²) in [6, 6.07) is 13.0. The van der Waals surface area contributed by atoms with E-state index in [2.05, 4.69) is 14.5 Å². The minimum Gasteiger partial charge on any atom is -0.480 e. The molecule has 0 fully saturated rings. The Labute approximate surface area is 230 Å². The summed E-state index contributed by atoms with van der Waals surface area (Å²) in [7, 11) is 5.26. The third-order valence-corrected chi connectivity index (χ3v) is 7.08. The molecule has 2 aromatic heterocycles. The quantitative estimate of drug-likeness (QED) is 0.263. The summed E-state index contributed by atoms with van der Waals surface area (Å²) in [6.07, 6.45) is 1.71. The first-order chi connectivity index (χ1) is 18.1. The molecule has 1 amide bonds. The predicted molar refractivity (Wildman–Crippen MR) is 148 cm³/mol. The van der Waals surface area contributed by atoms with E-state index in [4.69, 9.17) is 27.9 Å². The van der Waals surface area contributed by atoms with Gasteiger partial charge in [-0.2, -0.15) is 4.98 Å². The van der Waals surface area contributed by atoms with Crippen molar-refractivity contribution < 1.29 is 13.9 Å². The second-order valence-electron chi connectivity index (χ2n) is 9.51. The van der Waals surface area contributed by atoms with Crippen molar-refractivity contribution in [3.8, 4) is 17.1 Å². The number of amides is 1. The van der Waals surface area contributed by atoms with Crippen molar-refractivity contribution in [1.82, 2.24) is 14.5 Å². The highest BCUT2D eigenvalue weighted by atomic mass is 35.5. The number of ether oxygens (including phenoxy) is 1. The van der Waals surface area contributed by atoms with Gasteiger partial charge in [0.15, 0.2) is 0 Å². The zero-order valence-electron chi connectivity index (χ0n) is 21.5. The summed E-state index contributed by atoms with van der Waals surface area (Å²) in [5, 5.41) is 0.523. The van der Waals surface area contributed by atoms with Gasteiger partial charge in [-0.15, -0.1) is 0 Å². The Morgan fingerprint density at radius 2 is 1.76 bits per heavy atom. The Kier molecular flexibility index (Phi) is 6.79. The number of nitrogens with zero attached hydrogens (tertiary/aromatic N) is 5. The van der Waals surface area contributed by atoms with Crippen molar-refractivity contribution >= 4 is 40.7 Å². The monoisotopic (exact) mass is 553 g/mol. The summed E-state index contributed by atoms with van der Waals surface area (Å²) in [5.74, 6) is 0.132. The van der Waals surface area contributed by atoms with E-state index in [1.54, 1.807) is 41.3 Å². The molecule has 0 saturated heterocycles. The number of methoxy groups -OCH3 is 1. The number of carbonyl (C=O) groups is 1. The number of benzene rings is 2. The first-order valence-corrected chi connectivity index (χ1v) is 12.8. The smallest absolute Gasteiger partial charge is 0.261 e. The van der Waals surface area contributed by atoms with Crippen LogP contribution in [-0.4, -0.2) is 41.6 Å². The first-order valence-electron chi connectivity index (χ1n) is 12.0. The van der Waals surface area contributed by atoms with Crippen LogP contribution in [0.25, 0.3) is 11.3 Å². The molecule has 1 atom stereocenters. The number of anilines is 2. The topological polar surface area (TPSA) is 63.5 Å². The van der Waals surface area contributed by atoms with Crippen LogP contribution >= 0.6 is 23.2 Å². The van der Waals surface area contributed by atoms with Gasteiger partial charge in [-0.25, -0.2) is 9.37 Å². The van der Waals surface area contributed by atoms with Crippen molar-refractivity contribution in [2.45, 2.75) is 25.9 Å². The Bertz CT molecular complexity index is 1540. The summed E-state index contributed by atoms with van der Waals surface area (Å²) >= 11 is 12.3. The molecule has 1 unspecified atom stereocenters. The van der Waals surface area contributed by atoms with Gasteiger partial charge in [0, 0.05) is 37.0 Å². The van der Waals surface area contributed by atoms with E-state index in [1.807, 2.05) is 46.1 Å². The lowest BCUT2D eigenvalue weighted by Crippen LogP contribution is -2.30. The molecule has 3 heterocycles. The maximum absolute atomic E-state index is 14.0. The zero-order valence-corrected chi connectivity index (χ0v) is 23.0. The molecule has 4 aromatic rings. The van der Waals surface area contributed by atoms with E-state index in [-0.39, 0.29) is 17.0 Å². The molecular weight excluding hydrogens is 528 g/mol. The van der Waals surface area contributed by atoms with Crippen LogP contribution in [0.15, 0.2) is 54.7 Å². The molecule has 2 aromatic carbocycles. The Balaban J connectivity index is 1.76. The van der Waals surface area contributed by atoms with Gasteiger partial charge in [-0.05, 0) is 55.8 Å². The Morgan fingerprint density at radius 3 is 2.37 bits per heavy atom. The maximum atomic E-state index is 14.0. The highest BCUT2D eigenvalue weighted by molar-refractivity contribution is 6.31. The number of aromatic nitrogens is 3. The summed E-state index contributed by atoms with van der Waals surface area (Å²) in [4.78, 5) is 26.5. The summed E-state index contributed by atoms with van der Waals surface area (Å²) in [5.41, 5.74) is 4.08. The van der Waals surface area contributed by atoms with E-state index < -0.39 is 11.9 Å². The van der Waals surface area contributed by atoms with Crippen LogP contribution in [-0.2, 0) is 0 Å². The average Bonchev–Trinajstić information content (AvgIpc) is 3.41. The van der Waals surface area contributed by atoms with Crippen molar-refractivity contribution in [2.75, 3.05) is 31.0 Å². The van der Waals surface area contributed by atoms with Crippen molar-refractivity contribution in [1.29, 1.82) is 0 Å². The average molecular weight is 554 g/mol. The molecule has 0 N–H and O–H groups in total. The molecule has 1 aliphatic heterocycles. The second kappa shape index (κ2) is 9.93. The summed E-state index contributed by atoms with van der Waals surface area (Å²) < 4.78 is 21.8. The Hall–Kier alpha value is -3.62. The van der Waals surface area contributed by atoms with Crippen LogP contribution in [0.4, 0.5) is 16.0 Å². The van der Waals surface area contributed by atoms with Crippen LogP contribution in [0.2, 0.25) is 10.0 Å². The van der Waals surface area contributed by atoms with Crippen LogP contribution in [0, 0.1) is 5.82 Å². The Morgan fingerprint density at radius 1 is 1.05 bits per heavy atom. The number of hydrogen-bond donors (Lipinski definition) is 0. The van der Waals surface area contributed by atoms with Crippen LogP contribution in [0.5, 0.6) is 5.88 Å². The fraction of sp³-hybridized carbons (Fsp3) is 0.250. The molecule has 0 aliphatic carbocycles. The van der Waals surface area contributed by atoms with E-state index >= 15 is 0 Å². The molecule has 7 nitrogen and oxygen atoms in total. The molecule has 1 aliphatic rings. The van der Waals surface area contributed by atoms with Gasteiger partial charge < -0.3 is 14.2 Å². The number of halogens is 3. The minimum atomic E-state index is -0.551. The maximum Gasteiger partial charge on any atom is 0.261 e. The lowest BCUT2D eigenvalue weighted by molar-refractivity contribution is 0.0993. The number of fused-ring (bicyclic) bond motifs is 1. The largest absolute Gasteiger partial charge is 0.480 e. The van der Waals surface area contributed by atoms with Crippen molar-refractivity contribution in [3.63, 3.8) is 0 Å². The van der Waals surface area contributed by atoms with Gasteiger partial charge in [-0.1, -0.05) is 35.3 Å². The van der Waals surface area contributed by atoms with Gasteiger partial charge in [0.1, 0.15) is 11.9 Å². The van der Waals surface area contributed by atoms with Gasteiger partial charge in [-0.3, -0.25) is 9.69 Å². The molecule has 0 saturated carbocycles. The predicted octanol–water partition coefficient (Wildman–Crippen LogP) is 6.80. The molecule has 38 heavy (non-hydrogen) atoms. The van der Waals surface area contributed by atoms with E-state index in [9.17, 15) is 9.18 Å². The normalized spacial score (nSPS) is 14.8. The van der Waals surface area contributed by atoms with Gasteiger partial charge in [0.25, 0.3) is 5.91 Å². The SMILES string of the molecule is COc1nc(N(C)C)ncc1-c1cc2c(n1C(C)C)C(c1ccc(Cl)cc1)N(c1ccc(F)c(Cl)c1)C2=O.